The molecular weight excluding hydrogens is 220 g/mol. The van der Waals surface area contributed by atoms with Gasteiger partial charge >= 0.3 is 11.9 Å². The molecule has 4 nitrogen and oxygen atoms in total. The van der Waals surface area contributed by atoms with E-state index in [9.17, 15) is 9.59 Å². The van der Waals surface area contributed by atoms with E-state index >= 15 is 0 Å². The van der Waals surface area contributed by atoms with Crippen LogP contribution in [0.1, 0.15) is 35.3 Å². The monoisotopic (exact) mass is 234 g/mol. The lowest BCUT2D eigenvalue weighted by Crippen LogP contribution is -2.45. The lowest BCUT2D eigenvalue weighted by Gasteiger charge is -2.30. The van der Waals surface area contributed by atoms with Gasteiger partial charge in [-0.2, -0.15) is 0 Å². The van der Waals surface area contributed by atoms with Gasteiger partial charge in [-0.25, -0.2) is 9.59 Å². The maximum atomic E-state index is 11.8. The van der Waals surface area contributed by atoms with Gasteiger partial charge in [0.25, 0.3) is 0 Å². The number of aryl methyl sites for hydroxylation is 1. The molecule has 0 spiro atoms. The van der Waals surface area contributed by atoms with E-state index in [0.29, 0.717) is 5.56 Å². The van der Waals surface area contributed by atoms with Crippen molar-refractivity contribution in [3.63, 3.8) is 0 Å². The zero-order valence-corrected chi connectivity index (χ0v) is 9.82. The number of benzene rings is 1. The summed E-state index contributed by atoms with van der Waals surface area (Å²) in [6, 6.07) is 5.51. The summed E-state index contributed by atoms with van der Waals surface area (Å²) in [5, 5.41) is 9.06. The first-order chi connectivity index (χ1) is 7.96. The zero-order valence-electron chi connectivity index (χ0n) is 9.82. The molecule has 1 N–H and O–H groups in total. The molecule has 1 unspecified atom stereocenters. The second-order valence-electron chi connectivity index (χ2n) is 4.45. The first kappa shape index (κ1) is 11.6. The Morgan fingerprint density at radius 1 is 1.53 bits per heavy atom. The highest BCUT2D eigenvalue weighted by Gasteiger charge is 2.42. The fraction of sp³-hybridized carbons (Fsp3) is 0.385. The van der Waals surface area contributed by atoms with Gasteiger partial charge in [-0.3, -0.25) is 0 Å². The van der Waals surface area contributed by atoms with Gasteiger partial charge in [0.1, 0.15) is 0 Å². The van der Waals surface area contributed by atoms with Crippen molar-refractivity contribution in [2.45, 2.75) is 32.3 Å². The van der Waals surface area contributed by atoms with Crippen molar-refractivity contribution in [2.75, 3.05) is 0 Å². The predicted octanol–water partition coefficient (Wildman–Crippen LogP) is 1.81. The molecule has 90 valence electrons. The van der Waals surface area contributed by atoms with E-state index in [2.05, 4.69) is 0 Å². The van der Waals surface area contributed by atoms with E-state index in [1.165, 1.54) is 6.92 Å². The van der Waals surface area contributed by atoms with Crippen LogP contribution in [0.3, 0.4) is 0 Å². The maximum Gasteiger partial charge on any atom is 0.348 e. The lowest BCUT2D eigenvalue weighted by atomic mass is 9.89. The standard InChI is InChI=1S/C13H14O4/c1-3-8-4-5-9-7-13(2,12(15)16)17-11(14)10(9)6-8/h4-6H,3,7H2,1-2H3,(H,15,16). The molecule has 0 radical (unpaired) electrons. The Morgan fingerprint density at radius 3 is 2.82 bits per heavy atom. The molecule has 1 aromatic carbocycles. The van der Waals surface area contributed by atoms with Crippen molar-refractivity contribution in [3.8, 4) is 0 Å². The van der Waals surface area contributed by atoms with E-state index < -0.39 is 17.5 Å². The minimum Gasteiger partial charge on any atom is -0.478 e. The molecular formula is C13H14O4. The number of ether oxygens (including phenoxy) is 1. The van der Waals surface area contributed by atoms with Crippen LogP contribution >= 0.6 is 0 Å². The lowest BCUT2D eigenvalue weighted by molar-refractivity contribution is -0.158. The van der Waals surface area contributed by atoms with Crippen molar-refractivity contribution in [1.82, 2.24) is 0 Å². The third-order valence-electron chi connectivity index (χ3n) is 3.10. The third-order valence-corrected chi connectivity index (χ3v) is 3.10. The Kier molecular flexibility index (Phi) is 2.65. The summed E-state index contributed by atoms with van der Waals surface area (Å²) in [7, 11) is 0. The van der Waals surface area contributed by atoms with Crippen LogP contribution in [-0.4, -0.2) is 22.6 Å². The largest absolute Gasteiger partial charge is 0.478 e. The molecule has 0 saturated heterocycles. The van der Waals surface area contributed by atoms with Crippen molar-refractivity contribution < 1.29 is 19.4 Å². The molecule has 1 aliphatic heterocycles. The number of cyclic esters (lactones) is 1. The molecule has 1 heterocycles. The normalized spacial score (nSPS) is 22.8. The minimum atomic E-state index is -1.45. The van der Waals surface area contributed by atoms with Gasteiger partial charge in [0, 0.05) is 6.42 Å². The summed E-state index contributed by atoms with van der Waals surface area (Å²) in [4.78, 5) is 22.9. The van der Waals surface area contributed by atoms with E-state index in [0.717, 1.165) is 17.5 Å². The minimum absolute atomic E-state index is 0.216. The van der Waals surface area contributed by atoms with Crippen molar-refractivity contribution in [2.24, 2.45) is 0 Å². The topological polar surface area (TPSA) is 63.6 Å². The molecule has 4 heteroatoms. The maximum absolute atomic E-state index is 11.8. The smallest absolute Gasteiger partial charge is 0.348 e. The Morgan fingerprint density at radius 2 is 2.24 bits per heavy atom. The van der Waals surface area contributed by atoms with E-state index in [4.69, 9.17) is 9.84 Å². The van der Waals surface area contributed by atoms with Crippen LogP contribution in [0.25, 0.3) is 0 Å². The van der Waals surface area contributed by atoms with Crippen molar-refractivity contribution >= 4 is 11.9 Å². The van der Waals surface area contributed by atoms with Gasteiger partial charge in [-0.15, -0.1) is 0 Å². The Bertz CT molecular complexity index is 492. The summed E-state index contributed by atoms with van der Waals surface area (Å²) in [5.74, 6) is -1.66. The van der Waals surface area contributed by atoms with Gasteiger partial charge in [0.2, 0.25) is 5.60 Å². The number of rotatable bonds is 2. The van der Waals surface area contributed by atoms with Gasteiger partial charge < -0.3 is 9.84 Å². The van der Waals surface area contributed by atoms with Crippen molar-refractivity contribution in [3.05, 3.63) is 34.9 Å². The number of fused-ring (bicyclic) bond motifs is 1. The van der Waals surface area contributed by atoms with Crippen LogP contribution in [0.2, 0.25) is 0 Å². The number of aliphatic carboxylic acids is 1. The average molecular weight is 234 g/mol. The second kappa shape index (κ2) is 3.87. The number of esters is 1. The van der Waals surface area contributed by atoms with E-state index in [1.807, 2.05) is 19.1 Å². The molecule has 1 atom stereocenters. The number of carbonyl (C=O) groups is 2. The van der Waals surface area contributed by atoms with Crippen LogP contribution in [0.5, 0.6) is 0 Å². The molecule has 1 aliphatic rings. The fourth-order valence-corrected chi connectivity index (χ4v) is 1.97. The van der Waals surface area contributed by atoms with Crippen LogP contribution < -0.4 is 0 Å². The fourth-order valence-electron chi connectivity index (χ4n) is 1.97. The van der Waals surface area contributed by atoms with E-state index in [-0.39, 0.29) is 6.42 Å². The summed E-state index contributed by atoms with van der Waals surface area (Å²) in [5.41, 5.74) is 0.823. The average Bonchev–Trinajstić information content (AvgIpc) is 2.28. The third kappa shape index (κ3) is 1.90. The molecule has 2 rings (SSSR count). The number of carboxylic acid groups (broad SMARTS) is 1. The molecule has 0 bridgehead atoms. The van der Waals surface area contributed by atoms with Gasteiger partial charge in [-0.1, -0.05) is 19.1 Å². The summed E-state index contributed by atoms with van der Waals surface area (Å²) in [6.45, 7) is 3.42. The number of hydrogen-bond donors (Lipinski definition) is 1. The number of carbonyl (C=O) groups excluding carboxylic acids is 1. The highest BCUT2D eigenvalue weighted by atomic mass is 16.6. The predicted molar refractivity (Wildman–Crippen MR) is 61.0 cm³/mol. The van der Waals surface area contributed by atoms with Crippen molar-refractivity contribution in [1.29, 1.82) is 0 Å². The first-order valence-electron chi connectivity index (χ1n) is 5.55. The van der Waals surface area contributed by atoms with Crippen LogP contribution in [0.15, 0.2) is 18.2 Å². The molecule has 0 fully saturated rings. The molecule has 0 aromatic heterocycles. The molecule has 17 heavy (non-hydrogen) atoms. The second-order valence-corrected chi connectivity index (χ2v) is 4.45. The van der Waals surface area contributed by atoms with Crippen LogP contribution in [0, 0.1) is 0 Å². The number of hydrogen-bond acceptors (Lipinski definition) is 3. The van der Waals surface area contributed by atoms with Gasteiger partial charge in [0.05, 0.1) is 5.56 Å². The summed E-state index contributed by atoms with van der Waals surface area (Å²) < 4.78 is 5.02. The highest BCUT2D eigenvalue weighted by Crippen LogP contribution is 2.29. The van der Waals surface area contributed by atoms with E-state index in [1.54, 1.807) is 6.07 Å². The van der Waals surface area contributed by atoms with Gasteiger partial charge in [-0.05, 0) is 30.5 Å². The Hall–Kier alpha value is -1.84. The molecule has 1 aromatic rings. The highest BCUT2D eigenvalue weighted by molar-refractivity contribution is 5.96. The molecule has 0 aliphatic carbocycles. The Balaban J connectivity index is 2.45. The number of carboxylic acids is 1. The summed E-state index contributed by atoms with van der Waals surface area (Å²) >= 11 is 0. The summed E-state index contributed by atoms with van der Waals surface area (Å²) in [6.07, 6.45) is 1.05. The SMILES string of the molecule is CCc1ccc2c(c1)C(=O)OC(C)(C(=O)O)C2. The quantitative estimate of drug-likeness (QED) is 0.792. The molecule has 0 saturated carbocycles. The zero-order chi connectivity index (χ0) is 12.6. The Labute approximate surface area is 99.2 Å². The van der Waals surface area contributed by atoms with Gasteiger partial charge in [0.15, 0.2) is 0 Å². The van der Waals surface area contributed by atoms with Crippen LogP contribution in [-0.2, 0) is 22.4 Å². The first-order valence-corrected chi connectivity index (χ1v) is 5.55. The molecule has 0 amide bonds. The van der Waals surface area contributed by atoms with Crippen LogP contribution in [0.4, 0.5) is 0 Å².